The zero-order valence-electron chi connectivity index (χ0n) is 7.53. The Labute approximate surface area is 71.5 Å². The Morgan fingerprint density at radius 2 is 1.83 bits per heavy atom. The van der Waals surface area contributed by atoms with Crippen LogP contribution >= 0.6 is 0 Å². The number of carbonyl (C=O) groups is 2. The van der Waals surface area contributed by atoms with Crippen molar-refractivity contribution in [1.82, 2.24) is 0 Å². The van der Waals surface area contributed by atoms with Gasteiger partial charge in [0.1, 0.15) is 0 Å². The predicted octanol–water partition coefficient (Wildman–Crippen LogP) is 1.05. The van der Waals surface area contributed by atoms with Crippen LogP contribution in [0.15, 0.2) is 0 Å². The van der Waals surface area contributed by atoms with Gasteiger partial charge in [0, 0.05) is 0 Å². The lowest BCUT2D eigenvalue weighted by atomic mass is 10.1. The number of hydrogen-bond acceptors (Lipinski definition) is 3. The first-order valence-corrected chi connectivity index (χ1v) is 3.85. The number of carboxylic acids is 1. The van der Waals surface area contributed by atoms with Crippen molar-refractivity contribution in [1.29, 1.82) is 0 Å². The summed E-state index contributed by atoms with van der Waals surface area (Å²) in [5.41, 5.74) is 0. The highest BCUT2D eigenvalue weighted by Crippen LogP contribution is 2.04. The molecule has 0 spiro atoms. The van der Waals surface area contributed by atoms with Gasteiger partial charge in [0.2, 0.25) is 0 Å². The highest BCUT2D eigenvalue weighted by atomic mass is 16.5. The van der Waals surface area contributed by atoms with Crippen molar-refractivity contribution in [3.8, 4) is 0 Å². The van der Waals surface area contributed by atoms with Gasteiger partial charge in [-0.1, -0.05) is 6.92 Å². The SMILES string of the molecule is CC(C)OC(=O)C[C@@H](C)C(=O)O. The maximum Gasteiger partial charge on any atom is 0.306 e. The van der Waals surface area contributed by atoms with E-state index in [0.29, 0.717) is 0 Å². The van der Waals surface area contributed by atoms with Crippen LogP contribution in [-0.2, 0) is 14.3 Å². The van der Waals surface area contributed by atoms with Crippen molar-refractivity contribution in [3.63, 3.8) is 0 Å². The lowest BCUT2D eigenvalue weighted by Gasteiger charge is -2.09. The standard InChI is InChI=1S/C8H14O4/c1-5(2)12-7(9)4-6(3)8(10)11/h5-6H,4H2,1-3H3,(H,10,11)/t6-/m1/s1. The van der Waals surface area contributed by atoms with Crippen LogP contribution in [0.1, 0.15) is 27.2 Å². The van der Waals surface area contributed by atoms with E-state index in [1.807, 2.05) is 0 Å². The summed E-state index contributed by atoms with van der Waals surface area (Å²) in [4.78, 5) is 21.2. The quantitative estimate of drug-likeness (QED) is 0.647. The van der Waals surface area contributed by atoms with Crippen LogP contribution in [0.5, 0.6) is 0 Å². The molecule has 0 saturated carbocycles. The minimum atomic E-state index is -0.976. The third-order valence-electron chi connectivity index (χ3n) is 1.26. The molecule has 0 aliphatic rings. The van der Waals surface area contributed by atoms with E-state index in [1.165, 1.54) is 6.92 Å². The molecule has 0 saturated heterocycles. The van der Waals surface area contributed by atoms with Gasteiger partial charge >= 0.3 is 11.9 Å². The van der Waals surface area contributed by atoms with Crippen molar-refractivity contribution >= 4 is 11.9 Å². The normalized spacial score (nSPS) is 12.7. The molecule has 4 heteroatoms. The fourth-order valence-electron chi connectivity index (χ4n) is 0.648. The van der Waals surface area contributed by atoms with Gasteiger partial charge in [0.25, 0.3) is 0 Å². The van der Waals surface area contributed by atoms with E-state index in [9.17, 15) is 9.59 Å². The molecule has 0 unspecified atom stereocenters. The lowest BCUT2D eigenvalue weighted by molar-refractivity contribution is -0.153. The molecule has 0 aromatic rings. The molecular weight excluding hydrogens is 160 g/mol. The number of carbonyl (C=O) groups excluding carboxylic acids is 1. The summed E-state index contributed by atoms with van der Waals surface area (Å²) in [6.07, 6.45) is -0.244. The van der Waals surface area contributed by atoms with Gasteiger partial charge in [0.15, 0.2) is 0 Å². The summed E-state index contributed by atoms with van der Waals surface area (Å²) in [5, 5.41) is 8.46. The van der Waals surface area contributed by atoms with Gasteiger partial charge in [-0.2, -0.15) is 0 Å². The Morgan fingerprint density at radius 1 is 1.33 bits per heavy atom. The van der Waals surface area contributed by atoms with Crippen LogP contribution in [0, 0.1) is 5.92 Å². The first kappa shape index (κ1) is 10.9. The van der Waals surface area contributed by atoms with Gasteiger partial charge in [-0.25, -0.2) is 0 Å². The fraction of sp³-hybridized carbons (Fsp3) is 0.750. The molecule has 0 rings (SSSR count). The highest BCUT2D eigenvalue weighted by molar-refractivity contribution is 5.78. The molecule has 0 fully saturated rings. The molecule has 0 aliphatic carbocycles. The Bertz CT molecular complexity index is 174. The Morgan fingerprint density at radius 3 is 2.17 bits per heavy atom. The first-order chi connectivity index (χ1) is 5.43. The molecule has 1 atom stereocenters. The number of rotatable bonds is 4. The largest absolute Gasteiger partial charge is 0.481 e. The van der Waals surface area contributed by atoms with E-state index in [4.69, 9.17) is 9.84 Å². The van der Waals surface area contributed by atoms with E-state index >= 15 is 0 Å². The monoisotopic (exact) mass is 174 g/mol. The second kappa shape index (κ2) is 4.74. The molecule has 0 radical (unpaired) electrons. The number of esters is 1. The molecular formula is C8H14O4. The highest BCUT2D eigenvalue weighted by Gasteiger charge is 2.17. The minimum absolute atomic E-state index is 0.0620. The van der Waals surface area contributed by atoms with Gasteiger partial charge in [-0.3, -0.25) is 9.59 Å². The molecule has 70 valence electrons. The zero-order chi connectivity index (χ0) is 9.72. The van der Waals surface area contributed by atoms with Crippen molar-refractivity contribution in [2.45, 2.75) is 33.3 Å². The molecule has 4 nitrogen and oxygen atoms in total. The van der Waals surface area contributed by atoms with Crippen molar-refractivity contribution in [2.24, 2.45) is 5.92 Å². The maximum atomic E-state index is 10.9. The third-order valence-corrected chi connectivity index (χ3v) is 1.26. The predicted molar refractivity (Wildman–Crippen MR) is 42.6 cm³/mol. The van der Waals surface area contributed by atoms with E-state index in [2.05, 4.69) is 0 Å². The summed E-state index contributed by atoms with van der Waals surface area (Å²) < 4.78 is 4.77. The second-order valence-corrected chi connectivity index (χ2v) is 2.98. The number of hydrogen-bond donors (Lipinski definition) is 1. The van der Waals surface area contributed by atoms with Gasteiger partial charge in [0.05, 0.1) is 18.4 Å². The van der Waals surface area contributed by atoms with E-state index in [-0.39, 0.29) is 12.5 Å². The van der Waals surface area contributed by atoms with Crippen molar-refractivity contribution < 1.29 is 19.4 Å². The molecule has 0 aliphatic heterocycles. The van der Waals surface area contributed by atoms with Gasteiger partial charge in [-0.15, -0.1) is 0 Å². The summed E-state index contributed by atoms with van der Waals surface area (Å²) in [5.74, 6) is -2.10. The van der Waals surface area contributed by atoms with E-state index < -0.39 is 17.9 Å². The second-order valence-electron chi connectivity index (χ2n) is 2.98. The van der Waals surface area contributed by atoms with Gasteiger partial charge in [-0.05, 0) is 13.8 Å². The average molecular weight is 174 g/mol. The minimum Gasteiger partial charge on any atom is -0.481 e. The first-order valence-electron chi connectivity index (χ1n) is 3.85. The number of aliphatic carboxylic acids is 1. The van der Waals surface area contributed by atoms with Crippen LogP contribution in [0.3, 0.4) is 0 Å². The summed E-state index contributed by atoms with van der Waals surface area (Å²) in [7, 11) is 0. The third kappa shape index (κ3) is 4.71. The molecule has 1 N–H and O–H groups in total. The summed E-state index contributed by atoms with van der Waals surface area (Å²) in [6, 6.07) is 0. The number of carboxylic acid groups (broad SMARTS) is 1. The van der Waals surface area contributed by atoms with E-state index in [0.717, 1.165) is 0 Å². The number of ether oxygens (including phenoxy) is 1. The Balaban J connectivity index is 3.77. The van der Waals surface area contributed by atoms with Crippen LogP contribution in [0.2, 0.25) is 0 Å². The molecule has 0 aromatic heterocycles. The average Bonchev–Trinajstić information content (AvgIpc) is 1.84. The van der Waals surface area contributed by atoms with Crippen molar-refractivity contribution in [2.75, 3.05) is 0 Å². The van der Waals surface area contributed by atoms with E-state index in [1.54, 1.807) is 13.8 Å². The van der Waals surface area contributed by atoms with Crippen LogP contribution < -0.4 is 0 Å². The molecule has 0 bridgehead atoms. The molecule has 0 aromatic carbocycles. The zero-order valence-corrected chi connectivity index (χ0v) is 7.53. The Hall–Kier alpha value is -1.06. The fourth-order valence-corrected chi connectivity index (χ4v) is 0.648. The summed E-state index contributed by atoms with van der Waals surface area (Å²) >= 11 is 0. The Kier molecular flexibility index (Phi) is 4.33. The smallest absolute Gasteiger partial charge is 0.306 e. The van der Waals surface area contributed by atoms with Crippen molar-refractivity contribution in [3.05, 3.63) is 0 Å². The topological polar surface area (TPSA) is 63.6 Å². The lowest BCUT2D eigenvalue weighted by Crippen LogP contribution is -2.18. The maximum absolute atomic E-state index is 10.9. The molecule has 0 heterocycles. The molecule has 12 heavy (non-hydrogen) atoms. The van der Waals surface area contributed by atoms with Crippen LogP contribution in [0.25, 0.3) is 0 Å². The van der Waals surface area contributed by atoms with Gasteiger partial charge < -0.3 is 9.84 Å². The van der Waals surface area contributed by atoms with Crippen LogP contribution in [-0.4, -0.2) is 23.1 Å². The summed E-state index contributed by atoms with van der Waals surface area (Å²) in [6.45, 7) is 4.93. The molecule has 0 amide bonds. The van der Waals surface area contributed by atoms with Crippen LogP contribution in [0.4, 0.5) is 0 Å².